The van der Waals surface area contributed by atoms with Crippen molar-refractivity contribution in [3.63, 3.8) is 0 Å². The van der Waals surface area contributed by atoms with Gasteiger partial charge in [-0.15, -0.1) is 0 Å². The first-order valence-corrected chi connectivity index (χ1v) is 11.2. The van der Waals surface area contributed by atoms with Crippen molar-refractivity contribution >= 4 is 19.3 Å². The van der Waals surface area contributed by atoms with Crippen LogP contribution in [0, 0.1) is 0 Å². The molecule has 0 radical (unpaired) electrons. The SMILES string of the molecule is CC(C)(C)OC(=O)NCC(=Cc1ccc(Oc2ccccc2)cc1)B1OC(C)(C)C(C)(C)O1. The van der Waals surface area contributed by atoms with Crippen LogP contribution in [-0.4, -0.2) is 36.6 Å². The highest BCUT2D eigenvalue weighted by Crippen LogP contribution is 2.38. The lowest BCUT2D eigenvalue weighted by Crippen LogP contribution is -2.41. The van der Waals surface area contributed by atoms with Crippen LogP contribution in [0.4, 0.5) is 4.79 Å². The number of carbonyl (C=O) groups is 1. The van der Waals surface area contributed by atoms with Crippen LogP contribution in [0.1, 0.15) is 54.0 Å². The average molecular weight is 451 g/mol. The Morgan fingerprint density at radius 1 is 0.939 bits per heavy atom. The third-order valence-electron chi connectivity index (χ3n) is 5.60. The van der Waals surface area contributed by atoms with E-state index in [4.69, 9.17) is 18.8 Å². The van der Waals surface area contributed by atoms with Gasteiger partial charge in [0.2, 0.25) is 0 Å². The van der Waals surface area contributed by atoms with E-state index in [0.29, 0.717) is 0 Å². The molecule has 6 nitrogen and oxygen atoms in total. The lowest BCUT2D eigenvalue weighted by atomic mass is 9.77. The first kappa shape index (κ1) is 24.9. The summed E-state index contributed by atoms with van der Waals surface area (Å²) in [6.45, 7) is 13.7. The van der Waals surface area contributed by atoms with Crippen LogP contribution in [0.15, 0.2) is 60.1 Å². The minimum Gasteiger partial charge on any atom is -0.457 e. The Morgan fingerprint density at radius 3 is 2.03 bits per heavy atom. The Hall–Kier alpha value is -2.77. The van der Waals surface area contributed by atoms with Crippen LogP contribution in [0.2, 0.25) is 0 Å². The van der Waals surface area contributed by atoms with Gasteiger partial charge in [0, 0.05) is 6.54 Å². The maximum Gasteiger partial charge on any atom is 0.492 e. The number of nitrogens with one attached hydrogen (secondary N) is 1. The van der Waals surface area contributed by atoms with Crippen LogP contribution in [0.25, 0.3) is 6.08 Å². The molecule has 7 heteroatoms. The fourth-order valence-corrected chi connectivity index (χ4v) is 3.16. The van der Waals surface area contributed by atoms with Gasteiger partial charge in [-0.1, -0.05) is 36.4 Å². The molecule has 0 bridgehead atoms. The van der Waals surface area contributed by atoms with Crippen LogP contribution >= 0.6 is 0 Å². The van der Waals surface area contributed by atoms with E-state index in [-0.39, 0.29) is 6.54 Å². The molecule has 0 aliphatic carbocycles. The number of amides is 1. The molecule has 33 heavy (non-hydrogen) atoms. The van der Waals surface area contributed by atoms with Crippen LogP contribution in [0.3, 0.4) is 0 Å². The van der Waals surface area contributed by atoms with Gasteiger partial charge in [-0.05, 0) is 83.8 Å². The van der Waals surface area contributed by atoms with Crippen molar-refractivity contribution < 1.29 is 23.6 Å². The van der Waals surface area contributed by atoms with Crippen molar-refractivity contribution in [1.29, 1.82) is 0 Å². The lowest BCUT2D eigenvalue weighted by molar-refractivity contribution is 0.00578. The summed E-state index contributed by atoms with van der Waals surface area (Å²) in [7, 11) is -0.592. The van der Waals surface area contributed by atoms with Gasteiger partial charge < -0.3 is 24.1 Å². The molecular weight excluding hydrogens is 417 g/mol. The van der Waals surface area contributed by atoms with Crippen molar-refractivity contribution in [3.8, 4) is 11.5 Å². The summed E-state index contributed by atoms with van der Waals surface area (Å²) in [6.07, 6.45) is 1.47. The Balaban J connectivity index is 1.78. The summed E-state index contributed by atoms with van der Waals surface area (Å²) < 4.78 is 23.7. The van der Waals surface area contributed by atoms with E-state index in [0.717, 1.165) is 22.5 Å². The maximum absolute atomic E-state index is 12.2. The van der Waals surface area contributed by atoms with Crippen molar-refractivity contribution in [2.75, 3.05) is 6.54 Å². The van der Waals surface area contributed by atoms with Gasteiger partial charge in [0.1, 0.15) is 17.1 Å². The maximum atomic E-state index is 12.2. The van der Waals surface area contributed by atoms with Gasteiger partial charge in [0.05, 0.1) is 11.2 Å². The van der Waals surface area contributed by atoms with E-state index in [1.807, 2.05) is 109 Å². The smallest absolute Gasteiger partial charge is 0.457 e. The zero-order chi connectivity index (χ0) is 24.3. The van der Waals surface area contributed by atoms with Gasteiger partial charge >= 0.3 is 13.2 Å². The molecule has 1 aliphatic rings. The topological polar surface area (TPSA) is 66.0 Å². The molecule has 3 rings (SSSR count). The second-order valence-corrected chi connectivity index (χ2v) is 10.1. The first-order chi connectivity index (χ1) is 15.3. The molecular formula is C26H34BNO5. The average Bonchev–Trinajstić information content (AvgIpc) is 2.93. The molecule has 0 saturated carbocycles. The second-order valence-electron chi connectivity index (χ2n) is 10.1. The number of alkyl carbamates (subject to hydrolysis) is 1. The molecule has 1 aliphatic heterocycles. The highest BCUT2D eigenvalue weighted by molar-refractivity contribution is 6.56. The zero-order valence-electron chi connectivity index (χ0n) is 20.6. The molecule has 0 atom stereocenters. The third-order valence-corrected chi connectivity index (χ3v) is 5.60. The summed E-state index contributed by atoms with van der Waals surface area (Å²) in [5, 5.41) is 2.82. The monoisotopic (exact) mass is 451 g/mol. The zero-order valence-corrected chi connectivity index (χ0v) is 20.6. The fraction of sp³-hybridized carbons (Fsp3) is 0.423. The predicted molar refractivity (Wildman–Crippen MR) is 131 cm³/mol. The minimum absolute atomic E-state index is 0.230. The summed E-state index contributed by atoms with van der Waals surface area (Å²) in [5.41, 5.74) is 0.168. The molecule has 1 amide bonds. The Bertz CT molecular complexity index is 962. The molecule has 1 saturated heterocycles. The molecule has 2 aromatic rings. The van der Waals surface area contributed by atoms with E-state index in [1.54, 1.807) is 0 Å². The van der Waals surface area contributed by atoms with Crippen LogP contribution in [0.5, 0.6) is 11.5 Å². The largest absolute Gasteiger partial charge is 0.492 e. The first-order valence-electron chi connectivity index (χ1n) is 11.2. The van der Waals surface area contributed by atoms with Crippen molar-refractivity contribution in [1.82, 2.24) is 5.32 Å². The van der Waals surface area contributed by atoms with Crippen molar-refractivity contribution in [2.24, 2.45) is 0 Å². The number of rotatable bonds is 6. The van der Waals surface area contributed by atoms with Gasteiger partial charge in [-0.2, -0.15) is 0 Å². The molecule has 176 valence electrons. The Morgan fingerprint density at radius 2 is 1.48 bits per heavy atom. The molecule has 1 fully saturated rings. The predicted octanol–water partition coefficient (Wildman–Crippen LogP) is 6.02. The number of benzene rings is 2. The number of para-hydroxylation sites is 1. The number of ether oxygens (including phenoxy) is 2. The standard InChI is InChI=1S/C26H34BNO5/c1-24(2,3)31-23(29)28-18-20(27-32-25(4,5)26(6,7)33-27)17-19-13-15-22(16-14-19)30-21-11-9-8-10-12-21/h8-17H,18H2,1-7H3,(H,28,29). The van der Waals surface area contributed by atoms with E-state index in [9.17, 15) is 4.79 Å². The van der Waals surface area contributed by atoms with E-state index < -0.39 is 30.0 Å². The van der Waals surface area contributed by atoms with E-state index >= 15 is 0 Å². The quantitative estimate of drug-likeness (QED) is 0.545. The normalized spacial score (nSPS) is 17.5. The summed E-state index contributed by atoms with van der Waals surface area (Å²) in [5.74, 6) is 1.52. The van der Waals surface area contributed by atoms with Crippen molar-refractivity contribution in [2.45, 2.75) is 65.3 Å². The highest BCUT2D eigenvalue weighted by Gasteiger charge is 2.52. The highest BCUT2D eigenvalue weighted by atomic mass is 16.7. The molecule has 1 N–H and O–H groups in total. The van der Waals surface area contributed by atoms with Gasteiger partial charge in [-0.3, -0.25) is 0 Å². The molecule has 2 aromatic carbocycles. The third kappa shape index (κ3) is 6.86. The Kier molecular flexibility index (Phi) is 7.25. The molecule has 0 spiro atoms. The van der Waals surface area contributed by atoms with E-state index in [1.165, 1.54) is 0 Å². The van der Waals surface area contributed by atoms with Crippen molar-refractivity contribution in [3.05, 3.63) is 65.6 Å². The van der Waals surface area contributed by atoms with Gasteiger partial charge in [0.15, 0.2) is 0 Å². The lowest BCUT2D eigenvalue weighted by Gasteiger charge is -2.32. The summed E-state index contributed by atoms with van der Waals surface area (Å²) in [6, 6.07) is 17.3. The van der Waals surface area contributed by atoms with Gasteiger partial charge in [0.25, 0.3) is 0 Å². The molecule has 0 aromatic heterocycles. The number of carbonyl (C=O) groups excluding carboxylic acids is 1. The second kappa shape index (κ2) is 9.61. The Labute approximate surface area is 197 Å². The summed E-state index contributed by atoms with van der Waals surface area (Å²) in [4.78, 5) is 12.2. The van der Waals surface area contributed by atoms with Gasteiger partial charge in [-0.25, -0.2) is 4.79 Å². The van der Waals surface area contributed by atoms with Crippen LogP contribution in [-0.2, 0) is 14.0 Å². The molecule has 0 unspecified atom stereocenters. The van der Waals surface area contributed by atoms with E-state index in [2.05, 4.69) is 5.32 Å². The fourth-order valence-electron chi connectivity index (χ4n) is 3.16. The summed E-state index contributed by atoms with van der Waals surface area (Å²) >= 11 is 0. The minimum atomic E-state index is -0.592. The molecule has 1 heterocycles. The van der Waals surface area contributed by atoms with Crippen LogP contribution < -0.4 is 10.1 Å². The number of hydrogen-bond donors (Lipinski definition) is 1. The number of hydrogen-bond acceptors (Lipinski definition) is 5.